The number of hydrogen-bond donors (Lipinski definition) is 2. The van der Waals surface area contributed by atoms with Gasteiger partial charge in [0.05, 0.1) is 6.61 Å². The fourth-order valence-corrected chi connectivity index (χ4v) is 2.46. The maximum atomic E-state index is 9.24. The molecule has 0 aromatic carbocycles. The monoisotopic (exact) mass is 199 g/mol. The van der Waals surface area contributed by atoms with E-state index < -0.39 is 0 Å². The SMILES string of the molecule is CC(C)C[C@@H](CO)N[C@H]1CC[C@@H](C)C1. The van der Waals surface area contributed by atoms with Crippen LogP contribution in [-0.4, -0.2) is 23.8 Å². The Morgan fingerprint density at radius 1 is 1.36 bits per heavy atom. The lowest BCUT2D eigenvalue weighted by Crippen LogP contribution is -2.40. The fraction of sp³-hybridized carbons (Fsp3) is 1.00. The van der Waals surface area contributed by atoms with Gasteiger partial charge < -0.3 is 10.4 Å². The summed E-state index contributed by atoms with van der Waals surface area (Å²) in [4.78, 5) is 0. The Kier molecular flexibility index (Phi) is 4.90. The Hall–Kier alpha value is -0.0800. The lowest BCUT2D eigenvalue weighted by atomic mass is 10.0. The molecular weight excluding hydrogens is 174 g/mol. The largest absolute Gasteiger partial charge is 0.395 e. The Bertz CT molecular complexity index is 158. The van der Waals surface area contributed by atoms with Gasteiger partial charge in [-0.05, 0) is 37.5 Å². The van der Waals surface area contributed by atoms with E-state index in [9.17, 15) is 5.11 Å². The third kappa shape index (κ3) is 3.97. The molecule has 84 valence electrons. The topological polar surface area (TPSA) is 32.3 Å². The summed E-state index contributed by atoms with van der Waals surface area (Å²) in [7, 11) is 0. The second kappa shape index (κ2) is 5.72. The predicted molar refractivity (Wildman–Crippen MR) is 60.3 cm³/mol. The van der Waals surface area contributed by atoms with Crippen molar-refractivity contribution in [3.8, 4) is 0 Å². The van der Waals surface area contributed by atoms with Gasteiger partial charge in [0.2, 0.25) is 0 Å². The fourth-order valence-electron chi connectivity index (χ4n) is 2.46. The first kappa shape index (κ1) is 12.0. The van der Waals surface area contributed by atoms with E-state index in [1.54, 1.807) is 0 Å². The lowest BCUT2D eigenvalue weighted by Gasteiger charge is -2.22. The van der Waals surface area contributed by atoms with E-state index in [2.05, 4.69) is 26.1 Å². The molecule has 0 amide bonds. The van der Waals surface area contributed by atoms with Crippen molar-refractivity contribution in [3.05, 3.63) is 0 Å². The summed E-state index contributed by atoms with van der Waals surface area (Å²) in [6, 6.07) is 0.964. The van der Waals surface area contributed by atoms with Crippen LogP contribution >= 0.6 is 0 Å². The maximum absolute atomic E-state index is 9.24. The summed E-state index contributed by atoms with van der Waals surface area (Å²) in [5.41, 5.74) is 0. The molecule has 1 aliphatic carbocycles. The zero-order valence-electron chi connectivity index (χ0n) is 9.79. The molecule has 1 aliphatic rings. The van der Waals surface area contributed by atoms with Gasteiger partial charge in [0, 0.05) is 12.1 Å². The van der Waals surface area contributed by atoms with E-state index in [4.69, 9.17) is 0 Å². The molecule has 0 saturated heterocycles. The molecule has 3 atom stereocenters. The molecule has 0 radical (unpaired) electrons. The zero-order valence-corrected chi connectivity index (χ0v) is 9.79. The van der Waals surface area contributed by atoms with Gasteiger partial charge in [-0.25, -0.2) is 0 Å². The highest BCUT2D eigenvalue weighted by Crippen LogP contribution is 2.25. The number of rotatable bonds is 5. The van der Waals surface area contributed by atoms with Crippen molar-refractivity contribution in [1.82, 2.24) is 5.32 Å². The minimum absolute atomic E-state index is 0.281. The van der Waals surface area contributed by atoms with Gasteiger partial charge in [-0.2, -0.15) is 0 Å². The minimum Gasteiger partial charge on any atom is -0.395 e. The quantitative estimate of drug-likeness (QED) is 0.711. The molecule has 2 N–H and O–H groups in total. The van der Waals surface area contributed by atoms with Crippen molar-refractivity contribution in [3.63, 3.8) is 0 Å². The molecule has 2 heteroatoms. The first-order chi connectivity index (χ1) is 6.61. The summed E-state index contributed by atoms with van der Waals surface area (Å²) in [6.45, 7) is 7.02. The average molecular weight is 199 g/mol. The zero-order chi connectivity index (χ0) is 10.6. The smallest absolute Gasteiger partial charge is 0.0584 e. The first-order valence-corrected chi connectivity index (χ1v) is 5.98. The standard InChI is InChI=1S/C12H25NO/c1-9(2)6-12(8-14)13-11-5-4-10(3)7-11/h9-14H,4-8H2,1-3H3/t10-,11+,12+/m1/s1. The van der Waals surface area contributed by atoms with Crippen LogP contribution in [0.3, 0.4) is 0 Å². The number of aliphatic hydroxyl groups excluding tert-OH is 1. The molecule has 0 unspecified atom stereocenters. The second-order valence-electron chi connectivity index (χ2n) is 5.29. The summed E-state index contributed by atoms with van der Waals surface area (Å²) < 4.78 is 0. The van der Waals surface area contributed by atoms with Gasteiger partial charge >= 0.3 is 0 Å². The minimum atomic E-state index is 0.281. The van der Waals surface area contributed by atoms with Crippen LogP contribution in [0.5, 0.6) is 0 Å². The van der Waals surface area contributed by atoms with Crippen LogP contribution in [0.15, 0.2) is 0 Å². The molecule has 0 aromatic rings. The van der Waals surface area contributed by atoms with Crippen molar-refractivity contribution in [2.75, 3.05) is 6.61 Å². The van der Waals surface area contributed by atoms with E-state index >= 15 is 0 Å². The second-order valence-corrected chi connectivity index (χ2v) is 5.29. The van der Waals surface area contributed by atoms with Gasteiger partial charge in [-0.15, -0.1) is 0 Å². The van der Waals surface area contributed by atoms with Crippen molar-refractivity contribution in [2.24, 2.45) is 11.8 Å². The highest BCUT2D eigenvalue weighted by atomic mass is 16.3. The Morgan fingerprint density at radius 2 is 2.07 bits per heavy atom. The lowest BCUT2D eigenvalue weighted by molar-refractivity contribution is 0.212. The molecule has 2 nitrogen and oxygen atoms in total. The van der Waals surface area contributed by atoms with Crippen LogP contribution in [0.25, 0.3) is 0 Å². The number of nitrogens with one attached hydrogen (secondary N) is 1. The summed E-state index contributed by atoms with van der Waals surface area (Å²) in [6.07, 6.45) is 5.00. The van der Waals surface area contributed by atoms with Crippen LogP contribution < -0.4 is 5.32 Å². The Morgan fingerprint density at radius 3 is 2.50 bits per heavy atom. The first-order valence-electron chi connectivity index (χ1n) is 5.98. The normalized spacial score (nSPS) is 29.8. The molecule has 0 aromatic heterocycles. The van der Waals surface area contributed by atoms with Crippen LogP contribution in [0.2, 0.25) is 0 Å². The van der Waals surface area contributed by atoms with Crippen LogP contribution in [0, 0.1) is 11.8 Å². The van der Waals surface area contributed by atoms with E-state index in [1.807, 2.05) is 0 Å². The molecular formula is C12H25NO. The number of aliphatic hydroxyl groups is 1. The summed E-state index contributed by atoms with van der Waals surface area (Å²) in [5.74, 6) is 1.53. The molecule has 14 heavy (non-hydrogen) atoms. The van der Waals surface area contributed by atoms with Crippen molar-refractivity contribution in [1.29, 1.82) is 0 Å². The van der Waals surface area contributed by atoms with E-state index in [0.29, 0.717) is 18.0 Å². The van der Waals surface area contributed by atoms with Crippen molar-refractivity contribution in [2.45, 2.75) is 58.5 Å². The Balaban J connectivity index is 2.26. The average Bonchev–Trinajstić information content (AvgIpc) is 2.49. The molecule has 0 bridgehead atoms. The predicted octanol–water partition coefficient (Wildman–Crippen LogP) is 2.17. The number of hydrogen-bond acceptors (Lipinski definition) is 2. The molecule has 0 aliphatic heterocycles. The highest BCUT2D eigenvalue weighted by molar-refractivity contribution is 4.81. The van der Waals surface area contributed by atoms with E-state index in [-0.39, 0.29) is 6.61 Å². The van der Waals surface area contributed by atoms with Gasteiger partial charge in [-0.1, -0.05) is 20.8 Å². The van der Waals surface area contributed by atoms with Crippen molar-refractivity contribution < 1.29 is 5.11 Å². The highest BCUT2D eigenvalue weighted by Gasteiger charge is 2.23. The molecule has 1 fully saturated rings. The third-order valence-corrected chi connectivity index (χ3v) is 3.14. The third-order valence-electron chi connectivity index (χ3n) is 3.14. The molecule has 1 rings (SSSR count). The summed E-state index contributed by atoms with van der Waals surface area (Å²) in [5, 5.41) is 12.8. The van der Waals surface area contributed by atoms with Crippen molar-refractivity contribution >= 4 is 0 Å². The molecule has 0 spiro atoms. The summed E-state index contributed by atoms with van der Waals surface area (Å²) >= 11 is 0. The molecule has 0 heterocycles. The van der Waals surface area contributed by atoms with Crippen LogP contribution in [-0.2, 0) is 0 Å². The van der Waals surface area contributed by atoms with E-state index in [1.165, 1.54) is 19.3 Å². The van der Waals surface area contributed by atoms with Gasteiger partial charge in [0.25, 0.3) is 0 Å². The van der Waals surface area contributed by atoms with Crippen LogP contribution in [0.1, 0.15) is 46.5 Å². The van der Waals surface area contributed by atoms with Crippen LogP contribution in [0.4, 0.5) is 0 Å². The van der Waals surface area contributed by atoms with Gasteiger partial charge in [0.15, 0.2) is 0 Å². The molecule has 1 saturated carbocycles. The van der Waals surface area contributed by atoms with Gasteiger partial charge in [0.1, 0.15) is 0 Å². The van der Waals surface area contributed by atoms with E-state index in [0.717, 1.165) is 12.3 Å². The Labute approximate surface area is 88.1 Å². The van der Waals surface area contributed by atoms with Gasteiger partial charge in [-0.3, -0.25) is 0 Å². The maximum Gasteiger partial charge on any atom is 0.0584 e.